The molecule has 1 amide bonds. The molecule has 3 heteroatoms. The summed E-state index contributed by atoms with van der Waals surface area (Å²) < 4.78 is 0. The zero-order valence-electron chi connectivity index (χ0n) is 12.0. The molecule has 1 aliphatic carbocycles. The van der Waals surface area contributed by atoms with Crippen LogP contribution >= 0.6 is 0 Å². The van der Waals surface area contributed by atoms with Crippen LogP contribution in [-0.2, 0) is 4.79 Å². The molecule has 1 N–H and O–H groups in total. The number of nitrogens with one attached hydrogen (secondary N) is 1. The Bertz CT molecular complexity index is 263. The van der Waals surface area contributed by atoms with Crippen molar-refractivity contribution in [3.63, 3.8) is 0 Å². The molecule has 1 aliphatic rings. The maximum Gasteiger partial charge on any atom is 0.239 e. The summed E-state index contributed by atoms with van der Waals surface area (Å²) >= 11 is 0. The van der Waals surface area contributed by atoms with Crippen LogP contribution in [0.25, 0.3) is 0 Å². The van der Waals surface area contributed by atoms with Crippen LogP contribution in [-0.4, -0.2) is 36.5 Å². The van der Waals surface area contributed by atoms with Gasteiger partial charge in [0.2, 0.25) is 5.91 Å². The molecular formula is C14H28N2O. The Hall–Kier alpha value is -0.570. The van der Waals surface area contributed by atoms with Gasteiger partial charge in [-0.25, -0.2) is 0 Å². The van der Waals surface area contributed by atoms with Gasteiger partial charge in [0.05, 0.1) is 6.04 Å². The van der Waals surface area contributed by atoms with Crippen LogP contribution < -0.4 is 5.32 Å². The van der Waals surface area contributed by atoms with Crippen LogP contribution in [0.3, 0.4) is 0 Å². The van der Waals surface area contributed by atoms with Gasteiger partial charge in [-0.1, -0.05) is 26.7 Å². The molecule has 17 heavy (non-hydrogen) atoms. The number of likely N-dealkylation sites (N-methyl/N-ethyl adjacent to an activating group) is 1. The maximum absolute atomic E-state index is 12.0. The first-order chi connectivity index (χ1) is 7.88. The van der Waals surface area contributed by atoms with Gasteiger partial charge >= 0.3 is 0 Å². The molecule has 1 saturated carbocycles. The molecule has 0 aliphatic heterocycles. The lowest BCUT2D eigenvalue weighted by Gasteiger charge is -2.40. The van der Waals surface area contributed by atoms with Crippen molar-refractivity contribution in [1.82, 2.24) is 10.2 Å². The summed E-state index contributed by atoms with van der Waals surface area (Å²) in [7, 11) is 1.87. The molecule has 2 atom stereocenters. The standard InChI is InChI=1S/C14H28N2O/c1-6-16(5)13(17)11(2)15-12-9-7-8-10-14(12,3)4/h11-12,15H,6-10H2,1-5H3. The normalized spacial score (nSPS) is 25.4. The van der Waals surface area contributed by atoms with Crippen molar-refractivity contribution in [2.75, 3.05) is 13.6 Å². The molecule has 0 radical (unpaired) electrons. The summed E-state index contributed by atoms with van der Waals surface area (Å²) in [6.45, 7) is 9.39. The van der Waals surface area contributed by atoms with Crippen LogP contribution in [0.15, 0.2) is 0 Å². The quantitative estimate of drug-likeness (QED) is 0.818. The summed E-state index contributed by atoms with van der Waals surface area (Å²) in [6, 6.07) is 0.405. The molecule has 0 saturated heterocycles. The average Bonchev–Trinajstić information content (AvgIpc) is 2.29. The van der Waals surface area contributed by atoms with E-state index in [4.69, 9.17) is 0 Å². The number of amides is 1. The zero-order valence-corrected chi connectivity index (χ0v) is 12.0. The number of hydrogen-bond acceptors (Lipinski definition) is 2. The highest BCUT2D eigenvalue weighted by Gasteiger charge is 2.34. The van der Waals surface area contributed by atoms with Gasteiger partial charge in [0.25, 0.3) is 0 Å². The fourth-order valence-electron chi connectivity index (χ4n) is 2.66. The van der Waals surface area contributed by atoms with E-state index < -0.39 is 0 Å². The number of carbonyl (C=O) groups excluding carboxylic acids is 1. The SMILES string of the molecule is CCN(C)C(=O)C(C)NC1CCCCC1(C)C. The third-order valence-electron chi connectivity index (χ3n) is 4.18. The van der Waals surface area contributed by atoms with Crippen LogP contribution in [0, 0.1) is 5.41 Å². The van der Waals surface area contributed by atoms with Crippen molar-refractivity contribution in [1.29, 1.82) is 0 Å². The molecular weight excluding hydrogens is 212 g/mol. The first-order valence-electron chi connectivity index (χ1n) is 6.89. The third kappa shape index (κ3) is 3.70. The highest BCUT2D eigenvalue weighted by atomic mass is 16.2. The van der Waals surface area contributed by atoms with E-state index in [1.165, 1.54) is 25.7 Å². The third-order valence-corrected chi connectivity index (χ3v) is 4.18. The molecule has 1 fully saturated rings. The van der Waals surface area contributed by atoms with E-state index in [1.807, 2.05) is 20.9 Å². The minimum Gasteiger partial charge on any atom is -0.345 e. The number of carbonyl (C=O) groups is 1. The lowest BCUT2D eigenvalue weighted by molar-refractivity contribution is -0.132. The Balaban J connectivity index is 2.55. The van der Waals surface area contributed by atoms with Gasteiger partial charge in [-0.2, -0.15) is 0 Å². The van der Waals surface area contributed by atoms with Crippen molar-refractivity contribution < 1.29 is 4.79 Å². The van der Waals surface area contributed by atoms with E-state index in [9.17, 15) is 4.79 Å². The summed E-state index contributed by atoms with van der Waals surface area (Å²) in [5.74, 6) is 0.203. The van der Waals surface area contributed by atoms with Crippen molar-refractivity contribution in [2.24, 2.45) is 5.41 Å². The van der Waals surface area contributed by atoms with E-state index >= 15 is 0 Å². The summed E-state index contributed by atoms with van der Waals surface area (Å²) in [6.07, 6.45) is 5.06. The second-order valence-electron chi connectivity index (χ2n) is 6.03. The van der Waals surface area contributed by atoms with Gasteiger partial charge in [-0.15, -0.1) is 0 Å². The van der Waals surface area contributed by atoms with Gasteiger partial charge in [0, 0.05) is 19.6 Å². The minimum absolute atomic E-state index is 0.0673. The first kappa shape index (κ1) is 14.5. The number of nitrogens with zero attached hydrogens (tertiary/aromatic N) is 1. The summed E-state index contributed by atoms with van der Waals surface area (Å²) in [5.41, 5.74) is 0.317. The predicted octanol–water partition coefficient (Wildman–Crippen LogP) is 2.41. The monoisotopic (exact) mass is 240 g/mol. The lowest BCUT2D eigenvalue weighted by Crippen LogP contribution is -2.52. The van der Waals surface area contributed by atoms with Gasteiger partial charge in [0.15, 0.2) is 0 Å². The summed E-state index contributed by atoms with van der Waals surface area (Å²) in [4.78, 5) is 13.8. The highest BCUT2D eigenvalue weighted by molar-refractivity contribution is 5.81. The Labute approximate surface area is 106 Å². The van der Waals surface area contributed by atoms with Crippen LogP contribution in [0.1, 0.15) is 53.4 Å². The van der Waals surface area contributed by atoms with Crippen molar-refractivity contribution in [3.05, 3.63) is 0 Å². The van der Waals surface area contributed by atoms with Gasteiger partial charge in [-0.3, -0.25) is 4.79 Å². The fraction of sp³-hybridized carbons (Fsp3) is 0.929. The maximum atomic E-state index is 12.0. The van der Waals surface area contributed by atoms with Crippen LogP contribution in [0.4, 0.5) is 0 Å². The van der Waals surface area contributed by atoms with Crippen LogP contribution in [0.2, 0.25) is 0 Å². The molecule has 0 bridgehead atoms. The second-order valence-corrected chi connectivity index (χ2v) is 6.03. The van der Waals surface area contributed by atoms with E-state index in [0.29, 0.717) is 11.5 Å². The minimum atomic E-state index is -0.0673. The molecule has 3 nitrogen and oxygen atoms in total. The van der Waals surface area contributed by atoms with E-state index in [0.717, 1.165) is 6.54 Å². The van der Waals surface area contributed by atoms with Gasteiger partial charge in [-0.05, 0) is 32.1 Å². The fourth-order valence-corrected chi connectivity index (χ4v) is 2.66. The Morgan fingerprint density at radius 3 is 2.65 bits per heavy atom. The molecule has 1 rings (SSSR count). The Morgan fingerprint density at radius 1 is 1.47 bits per heavy atom. The highest BCUT2D eigenvalue weighted by Crippen LogP contribution is 2.35. The molecule has 0 aromatic carbocycles. The van der Waals surface area contributed by atoms with Crippen LogP contribution in [0.5, 0.6) is 0 Å². The van der Waals surface area contributed by atoms with E-state index in [1.54, 1.807) is 4.90 Å². The van der Waals surface area contributed by atoms with Crippen molar-refractivity contribution in [3.8, 4) is 0 Å². The smallest absolute Gasteiger partial charge is 0.239 e. The molecule has 2 unspecified atom stereocenters. The Kier molecular flexibility index (Phi) is 4.99. The number of rotatable bonds is 4. The molecule has 0 aromatic rings. The Morgan fingerprint density at radius 2 is 2.12 bits per heavy atom. The predicted molar refractivity (Wildman–Crippen MR) is 71.9 cm³/mol. The lowest BCUT2D eigenvalue weighted by atomic mass is 9.73. The average molecular weight is 240 g/mol. The molecule has 0 spiro atoms. The zero-order chi connectivity index (χ0) is 13.1. The largest absolute Gasteiger partial charge is 0.345 e. The van der Waals surface area contributed by atoms with Gasteiger partial charge < -0.3 is 10.2 Å². The molecule has 0 aromatic heterocycles. The van der Waals surface area contributed by atoms with E-state index in [-0.39, 0.29) is 11.9 Å². The molecule has 0 heterocycles. The second kappa shape index (κ2) is 5.85. The van der Waals surface area contributed by atoms with Crippen molar-refractivity contribution in [2.45, 2.75) is 65.5 Å². The number of hydrogen-bond donors (Lipinski definition) is 1. The molecule has 100 valence electrons. The topological polar surface area (TPSA) is 32.3 Å². The summed E-state index contributed by atoms with van der Waals surface area (Å²) in [5, 5.41) is 3.53. The first-order valence-corrected chi connectivity index (χ1v) is 6.89. The van der Waals surface area contributed by atoms with Gasteiger partial charge in [0.1, 0.15) is 0 Å². The van der Waals surface area contributed by atoms with Crippen molar-refractivity contribution >= 4 is 5.91 Å². The van der Waals surface area contributed by atoms with E-state index in [2.05, 4.69) is 19.2 Å².